The number of ether oxygens (including phenoxy) is 1. The van der Waals surface area contributed by atoms with Gasteiger partial charge in [0.15, 0.2) is 0 Å². The number of piperidine rings is 1. The lowest BCUT2D eigenvalue weighted by Gasteiger charge is -2.41. The summed E-state index contributed by atoms with van der Waals surface area (Å²) in [7, 11) is 0. The summed E-state index contributed by atoms with van der Waals surface area (Å²) in [6.45, 7) is 1.41. The first kappa shape index (κ1) is 30.2. The largest absolute Gasteiger partial charge is 0.408 e. The fraction of sp³-hybridized carbons (Fsp3) is 0.448. The van der Waals surface area contributed by atoms with E-state index in [-0.39, 0.29) is 39.1 Å². The van der Waals surface area contributed by atoms with Gasteiger partial charge in [0.1, 0.15) is 18.0 Å². The molecule has 3 amide bonds. The highest BCUT2D eigenvalue weighted by atomic mass is 19.4. The Balaban J connectivity index is 1.58. The van der Waals surface area contributed by atoms with Gasteiger partial charge in [0.2, 0.25) is 11.8 Å². The minimum Gasteiger partial charge on any atom is -0.374 e. The van der Waals surface area contributed by atoms with Crippen molar-refractivity contribution in [1.29, 1.82) is 0 Å². The summed E-state index contributed by atoms with van der Waals surface area (Å²) in [5, 5.41) is 7.20. The number of alkyl halides is 3. The van der Waals surface area contributed by atoms with Crippen LogP contribution < -0.4 is 11.1 Å². The fourth-order valence-electron chi connectivity index (χ4n) is 5.00. The maximum Gasteiger partial charge on any atom is 0.408 e. The van der Waals surface area contributed by atoms with Crippen LogP contribution in [0, 0.1) is 5.41 Å². The summed E-state index contributed by atoms with van der Waals surface area (Å²) in [6, 6.07) is 17.0. The third-order valence-corrected chi connectivity index (χ3v) is 7.09. The second-order valence-electron chi connectivity index (χ2n) is 11.0. The third kappa shape index (κ3) is 7.31. The minimum absolute atomic E-state index is 0.0704. The van der Waals surface area contributed by atoms with Gasteiger partial charge in [0, 0.05) is 19.5 Å². The molecule has 3 N–H and O–H groups in total. The zero-order valence-electron chi connectivity index (χ0n) is 23.0. The smallest absolute Gasteiger partial charge is 0.374 e. The second-order valence-corrected chi connectivity index (χ2v) is 11.0. The summed E-state index contributed by atoms with van der Waals surface area (Å²) in [5.74, 6) is -1.91. The second kappa shape index (κ2) is 12.0. The predicted molar refractivity (Wildman–Crippen MR) is 145 cm³/mol. The van der Waals surface area contributed by atoms with Crippen LogP contribution in [-0.2, 0) is 32.1 Å². The zero-order valence-corrected chi connectivity index (χ0v) is 23.0. The first-order valence-electron chi connectivity index (χ1n) is 13.3. The Morgan fingerprint density at radius 2 is 1.68 bits per heavy atom. The Labute approximate surface area is 236 Å². The van der Waals surface area contributed by atoms with Gasteiger partial charge < -0.3 is 20.7 Å². The van der Waals surface area contributed by atoms with E-state index >= 15 is 0 Å². The summed E-state index contributed by atoms with van der Waals surface area (Å²) in [6.07, 6.45) is -4.47. The Morgan fingerprint density at radius 1 is 1.07 bits per heavy atom. The molecule has 0 radical (unpaired) electrons. The van der Waals surface area contributed by atoms with Gasteiger partial charge in [-0.05, 0) is 31.4 Å². The molecule has 12 heteroatoms. The number of hydrogen-bond donors (Lipinski definition) is 2. The Bertz CT molecular complexity index is 1280. The average Bonchev–Trinajstić information content (AvgIpc) is 3.17. The lowest BCUT2D eigenvalue weighted by Crippen LogP contribution is -2.61. The molecular weight excluding hydrogens is 539 g/mol. The Hall–Kier alpha value is -3.77. The van der Waals surface area contributed by atoms with Crippen LogP contribution in [0.2, 0.25) is 0 Å². The van der Waals surface area contributed by atoms with Crippen molar-refractivity contribution in [2.45, 2.75) is 51.1 Å². The molecule has 0 spiro atoms. The van der Waals surface area contributed by atoms with Gasteiger partial charge in [-0.25, -0.2) is 5.01 Å². The number of carbonyl (C=O) groups excluding carboxylic acids is 3. The number of hydrogen-bond acceptors (Lipinski definition) is 6. The number of rotatable bonds is 10. The summed E-state index contributed by atoms with van der Waals surface area (Å²) < 4.78 is 45.6. The van der Waals surface area contributed by atoms with Crippen LogP contribution in [0.25, 0.3) is 0 Å². The predicted octanol–water partition coefficient (Wildman–Crippen LogP) is 2.65. The number of nitrogens with zero attached hydrogens (tertiary/aromatic N) is 3. The van der Waals surface area contributed by atoms with E-state index in [9.17, 15) is 27.6 Å². The Morgan fingerprint density at radius 3 is 2.27 bits per heavy atom. The number of hydrazone groups is 1. The van der Waals surface area contributed by atoms with Crippen LogP contribution in [0.15, 0.2) is 65.8 Å². The number of halogens is 3. The molecule has 0 bridgehead atoms. The van der Waals surface area contributed by atoms with Crippen molar-refractivity contribution < 1.29 is 32.3 Å². The molecule has 0 unspecified atom stereocenters. The molecule has 1 fully saturated rings. The van der Waals surface area contributed by atoms with Gasteiger partial charge in [-0.3, -0.25) is 14.4 Å². The highest BCUT2D eigenvalue weighted by molar-refractivity contribution is 6.14. The van der Waals surface area contributed by atoms with E-state index in [2.05, 4.69) is 10.4 Å². The molecule has 220 valence electrons. The van der Waals surface area contributed by atoms with Crippen LogP contribution in [0.5, 0.6) is 0 Å². The standard InChI is InChI=1S/C29H34F3N5O4/c1-27(2,33)25(39)34-22(17-41-16-21-11-7-4-8-12-21)24(38)36-14-13-23-28(18-36,15-20-9-5-3-6-10-20)26(40)37(35-23)19-29(30,31)32/h3-12,22H,13-19,33H2,1-2H3,(H,34,39)/t22-,28+/m1/s1. The zero-order chi connectivity index (χ0) is 29.8. The lowest BCUT2D eigenvalue weighted by molar-refractivity contribution is -0.164. The molecule has 2 aliphatic rings. The van der Waals surface area contributed by atoms with Gasteiger partial charge in [-0.2, -0.15) is 18.3 Å². The third-order valence-electron chi connectivity index (χ3n) is 7.09. The van der Waals surface area contributed by atoms with E-state index in [4.69, 9.17) is 10.5 Å². The molecule has 9 nitrogen and oxygen atoms in total. The molecular formula is C29H34F3N5O4. The Kier molecular flexibility index (Phi) is 8.83. The quantitative estimate of drug-likeness (QED) is 0.453. The highest BCUT2D eigenvalue weighted by Gasteiger charge is 2.56. The van der Waals surface area contributed by atoms with E-state index in [1.807, 2.05) is 30.3 Å². The van der Waals surface area contributed by atoms with Crippen LogP contribution in [-0.4, -0.2) is 77.3 Å². The summed E-state index contributed by atoms with van der Waals surface area (Å²) in [4.78, 5) is 41.6. The molecule has 0 aromatic heterocycles. The number of nitrogens with two attached hydrogens (primary N) is 1. The first-order chi connectivity index (χ1) is 19.3. The van der Waals surface area contributed by atoms with Crippen molar-refractivity contribution in [3.63, 3.8) is 0 Å². The monoisotopic (exact) mass is 573 g/mol. The maximum absolute atomic E-state index is 13.8. The summed E-state index contributed by atoms with van der Waals surface area (Å²) in [5.41, 5.74) is 5.10. The molecule has 0 saturated carbocycles. The van der Waals surface area contributed by atoms with Crippen molar-refractivity contribution in [1.82, 2.24) is 15.2 Å². The summed E-state index contributed by atoms with van der Waals surface area (Å²) >= 11 is 0. The van der Waals surface area contributed by atoms with E-state index in [1.54, 1.807) is 30.3 Å². The fourth-order valence-corrected chi connectivity index (χ4v) is 5.00. The number of amides is 3. The molecule has 2 aromatic rings. The minimum atomic E-state index is -4.64. The molecule has 41 heavy (non-hydrogen) atoms. The average molecular weight is 574 g/mol. The molecule has 1 saturated heterocycles. The first-order valence-corrected chi connectivity index (χ1v) is 13.3. The number of benzene rings is 2. The van der Waals surface area contributed by atoms with Crippen LogP contribution >= 0.6 is 0 Å². The van der Waals surface area contributed by atoms with Crippen molar-refractivity contribution in [3.8, 4) is 0 Å². The number of nitrogens with one attached hydrogen (secondary N) is 1. The molecule has 2 aromatic carbocycles. The number of carbonyl (C=O) groups is 3. The molecule has 2 atom stereocenters. The van der Waals surface area contributed by atoms with Gasteiger partial charge in [0.05, 0.1) is 24.5 Å². The molecule has 4 rings (SSSR count). The van der Waals surface area contributed by atoms with Crippen molar-refractivity contribution in [2.75, 3.05) is 26.2 Å². The van der Waals surface area contributed by atoms with E-state index < -0.39 is 47.4 Å². The van der Waals surface area contributed by atoms with Crippen molar-refractivity contribution in [2.24, 2.45) is 16.3 Å². The molecule has 2 aliphatic heterocycles. The lowest BCUT2D eigenvalue weighted by atomic mass is 9.73. The molecule has 0 aliphatic carbocycles. The van der Waals surface area contributed by atoms with Crippen LogP contribution in [0.1, 0.15) is 31.4 Å². The highest BCUT2D eigenvalue weighted by Crippen LogP contribution is 2.39. The SMILES string of the molecule is CC(C)(N)C(=O)N[C@H](COCc1ccccc1)C(=O)N1CCC2=NN(CC(F)(F)F)C(=O)[C@@]2(Cc2ccccc2)C1. The van der Waals surface area contributed by atoms with Crippen LogP contribution in [0.3, 0.4) is 0 Å². The topological polar surface area (TPSA) is 117 Å². The number of fused-ring (bicyclic) bond motifs is 1. The van der Waals surface area contributed by atoms with Crippen molar-refractivity contribution >= 4 is 23.4 Å². The van der Waals surface area contributed by atoms with Gasteiger partial charge in [-0.1, -0.05) is 60.7 Å². The van der Waals surface area contributed by atoms with E-state index in [0.29, 0.717) is 10.7 Å². The van der Waals surface area contributed by atoms with E-state index in [0.717, 1.165) is 11.1 Å². The van der Waals surface area contributed by atoms with Gasteiger partial charge in [0.25, 0.3) is 5.91 Å². The maximum atomic E-state index is 13.8. The number of likely N-dealkylation sites (tertiary alicyclic amines) is 1. The normalized spacial score (nSPS) is 20.0. The van der Waals surface area contributed by atoms with Gasteiger partial charge in [-0.15, -0.1) is 0 Å². The van der Waals surface area contributed by atoms with Gasteiger partial charge >= 0.3 is 6.18 Å². The molecule has 2 heterocycles. The van der Waals surface area contributed by atoms with Crippen molar-refractivity contribution in [3.05, 3.63) is 71.8 Å². The van der Waals surface area contributed by atoms with E-state index in [1.165, 1.54) is 18.7 Å². The van der Waals surface area contributed by atoms with Crippen LogP contribution in [0.4, 0.5) is 13.2 Å².